The van der Waals surface area contributed by atoms with Crippen LogP contribution in [0.5, 0.6) is 0 Å². The lowest BCUT2D eigenvalue weighted by atomic mass is 10.1. The second-order valence-corrected chi connectivity index (χ2v) is 9.43. The highest BCUT2D eigenvalue weighted by atomic mass is 32.2. The van der Waals surface area contributed by atoms with Gasteiger partial charge in [0.05, 0.1) is 24.5 Å². The Morgan fingerprint density at radius 3 is 2.82 bits per heavy atom. The summed E-state index contributed by atoms with van der Waals surface area (Å²) in [6.45, 7) is 1.63. The van der Waals surface area contributed by atoms with Crippen LogP contribution in [-0.2, 0) is 29.5 Å². The van der Waals surface area contributed by atoms with Gasteiger partial charge in [0.25, 0.3) is 5.56 Å². The average Bonchev–Trinajstić information content (AvgIpc) is 3.10. The van der Waals surface area contributed by atoms with Crippen LogP contribution >= 0.6 is 0 Å². The number of nitrogens with zero attached hydrogens (tertiary/aromatic N) is 3. The van der Waals surface area contributed by atoms with Gasteiger partial charge >= 0.3 is 0 Å². The van der Waals surface area contributed by atoms with Crippen molar-refractivity contribution in [1.82, 2.24) is 19.2 Å². The molecule has 0 spiro atoms. The highest BCUT2D eigenvalue weighted by Gasteiger charge is 2.31. The standard InChI is InChI=1S/C19H23FN4O3S/c1-28(26,27)24-10-8-14-16(12-24)21-18(22-19(14)25)17-7-4-9-23(17)11-13-5-2-3-6-15(13)20/h2-3,5-6,17H,4,7-12H2,1H3,(H,21,22,25)/t17-/m0/s1. The summed E-state index contributed by atoms with van der Waals surface area (Å²) in [5, 5.41) is 0. The molecule has 1 atom stereocenters. The molecule has 1 N–H and O–H groups in total. The van der Waals surface area contributed by atoms with E-state index in [1.54, 1.807) is 12.1 Å². The van der Waals surface area contributed by atoms with E-state index in [1.165, 1.54) is 16.6 Å². The molecule has 2 aromatic rings. The molecule has 0 saturated carbocycles. The van der Waals surface area contributed by atoms with Crippen LogP contribution in [0.15, 0.2) is 29.1 Å². The zero-order valence-corrected chi connectivity index (χ0v) is 16.5. The normalized spacial score (nSPS) is 21.0. The molecule has 7 nitrogen and oxygen atoms in total. The third kappa shape index (κ3) is 3.74. The fraction of sp³-hybridized carbons (Fsp3) is 0.474. The average molecular weight is 406 g/mol. The van der Waals surface area contributed by atoms with Crippen molar-refractivity contribution in [2.24, 2.45) is 0 Å². The highest BCUT2D eigenvalue weighted by molar-refractivity contribution is 7.88. The predicted octanol–water partition coefficient (Wildman–Crippen LogP) is 1.56. The van der Waals surface area contributed by atoms with Gasteiger partial charge in [0.15, 0.2) is 0 Å². The van der Waals surface area contributed by atoms with E-state index in [1.807, 2.05) is 6.07 Å². The molecular weight excluding hydrogens is 383 g/mol. The van der Waals surface area contributed by atoms with E-state index in [9.17, 15) is 17.6 Å². The summed E-state index contributed by atoms with van der Waals surface area (Å²) in [6.07, 6.45) is 3.26. The molecule has 1 fully saturated rings. The van der Waals surface area contributed by atoms with Gasteiger partial charge in [-0.2, -0.15) is 4.31 Å². The Morgan fingerprint density at radius 1 is 1.29 bits per heavy atom. The van der Waals surface area contributed by atoms with E-state index >= 15 is 0 Å². The summed E-state index contributed by atoms with van der Waals surface area (Å²) >= 11 is 0. The van der Waals surface area contributed by atoms with Gasteiger partial charge in [0, 0.05) is 24.2 Å². The van der Waals surface area contributed by atoms with Gasteiger partial charge < -0.3 is 4.98 Å². The first kappa shape index (κ1) is 19.2. The number of sulfonamides is 1. The number of rotatable bonds is 4. The van der Waals surface area contributed by atoms with Crippen LogP contribution in [0.3, 0.4) is 0 Å². The maximum absolute atomic E-state index is 14.1. The molecule has 0 bridgehead atoms. The van der Waals surface area contributed by atoms with Gasteiger partial charge in [-0.15, -0.1) is 0 Å². The topological polar surface area (TPSA) is 86.4 Å². The smallest absolute Gasteiger partial charge is 0.254 e. The number of aromatic amines is 1. The number of aromatic nitrogens is 2. The fourth-order valence-corrected chi connectivity index (χ4v) is 4.83. The molecule has 3 heterocycles. The summed E-state index contributed by atoms with van der Waals surface area (Å²) in [6, 6.07) is 6.56. The molecule has 2 aliphatic heterocycles. The maximum Gasteiger partial charge on any atom is 0.254 e. The summed E-state index contributed by atoms with van der Waals surface area (Å²) in [7, 11) is -3.34. The van der Waals surface area contributed by atoms with Crippen LogP contribution in [0.25, 0.3) is 0 Å². The zero-order chi connectivity index (χ0) is 19.9. The van der Waals surface area contributed by atoms with E-state index in [2.05, 4.69) is 14.9 Å². The lowest BCUT2D eigenvalue weighted by molar-refractivity contribution is 0.235. The van der Waals surface area contributed by atoms with Crippen molar-refractivity contribution < 1.29 is 12.8 Å². The van der Waals surface area contributed by atoms with E-state index in [0.717, 1.165) is 19.4 Å². The van der Waals surface area contributed by atoms with E-state index in [4.69, 9.17) is 0 Å². The van der Waals surface area contributed by atoms with Gasteiger partial charge in [-0.25, -0.2) is 17.8 Å². The van der Waals surface area contributed by atoms with E-state index in [-0.39, 0.29) is 24.0 Å². The van der Waals surface area contributed by atoms with Crippen LogP contribution < -0.4 is 5.56 Å². The first-order valence-corrected chi connectivity index (χ1v) is 11.2. The molecule has 2 aliphatic rings. The summed E-state index contributed by atoms with van der Waals surface area (Å²) < 4.78 is 39.2. The largest absolute Gasteiger partial charge is 0.309 e. The van der Waals surface area contributed by atoms with Crippen molar-refractivity contribution in [3.05, 3.63) is 63.1 Å². The molecule has 0 aliphatic carbocycles. The van der Waals surface area contributed by atoms with Crippen LogP contribution in [0, 0.1) is 5.82 Å². The number of fused-ring (bicyclic) bond motifs is 1. The number of benzene rings is 1. The second-order valence-electron chi connectivity index (χ2n) is 7.44. The molecular formula is C19H23FN4O3S. The van der Waals surface area contributed by atoms with E-state index < -0.39 is 10.0 Å². The monoisotopic (exact) mass is 406 g/mol. The van der Waals surface area contributed by atoms with Crippen LogP contribution in [0.2, 0.25) is 0 Å². The third-order valence-electron chi connectivity index (χ3n) is 5.54. The fourth-order valence-electron chi connectivity index (χ4n) is 4.05. The Balaban J connectivity index is 1.63. The Hall–Kier alpha value is -2.10. The predicted molar refractivity (Wildman–Crippen MR) is 103 cm³/mol. The van der Waals surface area contributed by atoms with Gasteiger partial charge in [-0.1, -0.05) is 18.2 Å². The minimum absolute atomic E-state index is 0.116. The first-order chi connectivity index (χ1) is 13.3. The summed E-state index contributed by atoms with van der Waals surface area (Å²) in [4.78, 5) is 22.2. The lowest BCUT2D eigenvalue weighted by Crippen LogP contribution is -2.39. The van der Waals surface area contributed by atoms with Gasteiger partial charge in [0.2, 0.25) is 10.0 Å². The Labute approximate surface area is 163 Å². The van der Waals surface area contributed by atoms with Crippen molar-refractivity contribution in [3.8, 4) is 0 Å². The molecule has 0 radical (unpaired) electrons. The van der Waals surface area contributed by atoms with Crippen LogP contribution in [-0.4, -0.2) is 46.9 Å². The number of hydrogen-bond donors (Lipinski definition) is 1. The molecule has 1 saturated heterocycles. The minimum atomic E-state index is -3.34. The Kier molecular flexibility index (Phi) is 5.07. The van der Waals surface area contributed by atoms with Crippen molar-refractivity contribution in [2.45, 2.75) is 38.4 Å². The summed E-state index contributed by atoms with van der Waals surface area (Å²) in [5.41, 5.74) is 1.49. The number of hydrogen-bond acceptors (Lipinski definition) is 5. The minimum Gasteiger partial charge on any atom is -0.309 e. The lowest BCUT2D eigenvalue weighted by Gasteiger charge is -2.28. The number of H-pyrrole nitrogens is 1. The van der Waals surface area contributed by atoms with Crippen molar-refractivity contribution in [2.75, 3.05) is 19.3 Å². The van der Waals surface area contributed by atoms with Gasteiger partial charge in [-0.05, 0) is 31.9 Å². The van der Waals surface area contributed by atoms with Crippen molar-refractivity contribution in [1.29, 1.82) is 0 Å². The maximum atomic E-state index is 14.1. The second kappa shape index (κ2) is 7.38. The molecule has 0 amide bonds. The first-order valence-electron chi connectivity index (χ1n) is 9.37. The molecule has 1 aromatic carbocycles. The van der Waals surface area contributed by atoms with Crippen molar-refractivity contribution in [3.63, 3.8) is 0 Å². The highest BCUT2D eigenvalue weighted by Crippen LogP contribution is 2.32. The molecule has 9 heteroatoms. The molecule has 1 aromatic heterocycles. The Bertz CT molecular complexity index is 1050. The SMILES string of the molecule is CS(=O)(=O)N1CCc2c(nc([C@@H]3CCCN3Cc3ccccc3F)[nH]c2=O)C1. The summed E-state index contributed by atoms with van der Waals surface area (Å²) in [5.74, 6) is 0.289. The van der Waals surface area contributed by atoms with Crippen molar-refractivity contribution >= 4 is 10.0 Å². The third-order valence-corrected chi connectivity index (χ3v) is 6.79. The quantitative estimate of drug-likeness (QED) is 0.833. The zero-order valence-electron chi connectivity index (χ0n) is 15.7. The van der Waals surface area contributed by atoms with Gasteiger partial charge in [-0.3, -0.25) is 9.69 Å². The molecule has 150 valence electrons. The molecule has 4 rings (SSSR count). The number of halogens is 1. The number of nitrogens with one attached hydrogen (secondary N) is 1. The van der Waals surface area contributed by atoms with Crippen LogP contribution in [0.1, 0.15) is 41.5 Å². The van der Waals surface area contributed by atoms with Gasteiger partial charge in [0.1, 0.15) is 11.6 Å². The number of likely N-dealkylation sites (tertiary alicyclic amines) is 1. The molecule has 0 unspecified atom stereocenters. The molecule has 28 heavy (non-hydrogen) atoms. The van der Waals surface area contributed by atoms with Crippen LogP contribution in [0.4, 0.5) is 4.39 Å². The Morgan fingerprint density at radius 2 is 2.07 bits per heavy atom. The van der Waals surface area contributed by atoms with E-state index in [0.29, 0.717) is 42.2 Å².